The Morgan fingerprint density at radius 2 is 2.22 bits per heavy atom. The van der Waals surface area contributed by atoms with Crippen molar-refractivity contribution in [3.63, 3.8) is 0 Å². The van der Waals surface area contributed by atoms with Gasteiger partial charge < -0.3 is 9.84 Å². The molecule has 0 spiro atoms. The van der Waals surface area contributed by atoms with Crippen molar-refractivity contribution < 1.29 is 23.4 Å². The number of hydrogen-bond donors (Lipinski definition) is 1. The molecule has 1 fully saturated rings. The maximum absolute atomic E-state index is 12.1. The van der Waals surface area contributed by atoms with Crippen LogP contribution in [0.5, 0.6) is 0 Å². The van der Waals surface area contributed by atoms with Crippen LogP contribution in [0.25, 0.3) is 0 Å². The third-order valence-electron chi connectivity index (χ3n) is 2.28. The molecule has 1 aliphatic rings. The standard InChI is InChI=1S/C9H17NO5PS2/c1-3-5-17-16(13)7-8(12)10(6-11)18(14)9(7)15-4-2/h7,9,11H,3-6H2,1-2H3/q+1. The summed E-state index contributed by atoms with van der Waals surface area (Å²) in [5.74, 6) is 0.114. The van der Waals surface area contributed by atoms with E-state index in [4.69, 9.17) is 9.84 Å². The van der Waals surface area contributed by atoms with Gasteiger partial charge in [-0.25, -0.2) is 8.51 Å². The molecule has 0 bridgehead atoms. The fourth-order valence-electron chi connectivity index (χ4n) is 1.48. The third kappa shape index (κ3) is 3.30. The number of rotatable bonds is 7. The molecule has 1 heterocycles. The van der Waals surface area contributed by atoms with Crippen LogP contribution in [-0.4, -0.2) is 49.7 Å². The number of nitrogens with zero attached hydrogens (tertiary/aromatic N) is 1. The Morgan fingerprint density at radius 1 is 1.56 bits per heavy atom. The van der Waals surface area contributed by atoms with Crippen molar-refractivity contribution in [1.82, 2.24) is 4.31 Å². The first-order chi connectivity index (χ1) is 8.58. The van der Waals surface area contributed by atoms with Crippen molar-refractivity contribution in [3.05, 3.63) is 0 Å². The highest BCUT2D eigenvalue weighted by atomic mass is 32.7. The van der Waals surface area contributed by atoms with Gasteiger partial charge in [0.1, 0.15) is 18.1 Å². The van der Waals surface area contributed by atoms with Crippen LogP contribution in [0.2, 0.25) is 0 Å². The first-order valence-electron chi connectivity index (χ1n) is 5.62. The van der Waals surface area contributed by atoms with E-state index in [1.165, 1.54) is 11.4 Å². The lowest BCUT2D eigenvalue weighted by Gasteiger charge is -2.10. The Kier molecular flexibility index (Phi) is 6.73. The molecule has 1 saturated heterocycles. The fraction of sp³-hybridized carbons (Fsp3) is 0.889. The highest BCUT2D eigenvalue weighted by molar-refractivity contribution is 8.52. The van der Waals surface area contributed by atoms with Gasteiger partial charge in [0.2, 0.25) is 5.44 Å². The van der Waals surface area contributed by atoms with E-state index in [9.17, 15) is 13.6 Å². The lowest BCUT2D eigenvalue weighted by atomic mass is 10.4. The highest BCUT2D eigenvalue weighted by Crippen LogP contribution is 2.48. The van der Waals surface area contributed by atoms with Crippen LogP contribution < -0.4 is 0 Å². The van der Waals surface area contributed by atoms with Crippen LogP contribution in [0.1, 0.15) is 20.3 Å². The number of carbonyl (C=O) groups is 1. The van der Waals surface area contributed by atoms with Crippen molar-refractivity contribution in [2.24, 2.45) is 0 Å². The normalized spacial score (nSPS) is 28.8. The van der Waals surface area contributed by atoms with E-state index in [0.29, 0.717) is 5.75 Å². The average Bonchev–Trinajstić information content (AvgIpc) is 2.58. The molecule has 1 rings (SSSR count). The van der Waals surface area contributed by atoms with Gasteiger partial charge in [0.15, 0.2) is 11.0 Å². The minimum atomic E-state index is -1.89. The second kappa shape index (κ2) is 7.55. The smallest absolute Gasteiger partial charge is 0.375 e. The average molecular weight is 314 g/mol. The summed E-state index contributed by atoms with van der Waals surface area (Å²) >= 11 is 1.19. The number of aliphatic hydroxyl groups is 1. The lowest BCUT2D eigenvalue weighted by molar-refractivity contribution is -0.127. The van der Waals surface area contributed by atoms with Gasteiger partial charge in [0.05, 0.1) is 0 Å². The van der Waals surface area contributed by atoms with Gasteiger partial charge in [-0.2, -0.15) is 0 Å². The molecule has 1 aliphatic heterocycles. The molecule has 104 valence electrons. The number of aliphatic hydroxyl groups excluding tert-OH is 1. The zero-order chi connectivity index (χ0) is 13.7. The second-order valence-corrected chi connectivity index (χ2v) is 8.63. The third-order valence-corrected chi connectivity index (χ3v) is 7.80. The molecular weight excluding hydrogens is 297 g/mol. The van der Waals surface area contributed by atoms with E-state index in [0.717, 1.165) is 10.7 Å². The molecule has 0 aliphatic carbocycles. The Balaban J connectivity index is 2.87. The van der Waals surface area contributed by atoms with Crippen molar-refractivity contribution in [2.75, 3.05) is 19.1 Å². The summed E-state index contributed by atoms with van der Waals surface area (Å²) < 4.78 is 30.1. The summed E-state index contributed by atoms with van der Waals surface area (Å²) in [6, 6.07) is 0. The van der Waals surface area contributed by atoms with Gasteiger partial charge >= 0.3 is 7.00 Å². The van der Waals surface area contributed by atoms with E-state index in [1.54, 1.807) is 6.92 Å². The first kappa shape index (κ1) is 16.0. The quantitative estimate of drug-likeness (QED) is 0.707. The molecule has 0 aromatic rings. The maximum atomic E-state index is 12.1. The van der Waals surface area contributed by atoms with Crippen LogP contribution in [0, 0.1) is 0 Å². The van der Waals surface area contributed by atoms with Gasteiger partial charge in [-0.1, -0.05) is 11.5 Å². The van der Waals surface area contributed by atoms with Crippen molar-refractivity contribution in [2.45, 2.75) is 31.4 Å². The summed E-state index contributed by atoms with van der Waals surface area (Å²) in [6.07, 6.45) is 0.846. The molecular formula is C9H17NO5PS2+. The highest BCUT2D eigenvalue weighted by Gasteiger charge is 2.58. The molecule has 0 saturated carbocycles. The van der Waals surface area contributed by atoms with Crippen LogP contribution in [0.4, 0.5) is 0 Å². The fourth-order valence-corrected chi connectivity index (χ4v) is 6.98. The summed E-state index contributed by atoms with van der Waals surface area (Å²) in [4.78, 5) is 11.9. The van der Waals surface area contributed by atoms with Gasteiger partial charge in [-0.05, 0) is 13.3 Å². The summed E-state index contributed by atoms with van der Waals surface area (Å²) in [5, 5.41) is 9.02. The number of carbonyl (C=O) groups excluding carboxylic acids is 1. The second-order valence-electron chi connectivity index (χ2n) is 3.52. The summed E-state index contributed by atoms with van der Waals surface area (Å²) in [6.45, 7) is 3.30. The van der Waals surface area contributed by atoms with Gasteiger partial charge in [-0.3, -0.25) is 4.79 Å². The molecule has 9 heteroatoms. The van der Waals surface area contributed by atoms with E-state index in [1.807, 2.05) is 6.92 Å². The van der Waals surface area contributed by atoms with Gasteiger partial charge in [-0.15, -0.1) is 0 Å². The molecule has 1 amide bonds. The molecule has 18 heavy (non-hydrogen) atoms. The molecule has 4 unspecified atom stereocenters. The molecule has 6 nitrogen and oxygen atoms in total. The van der Waals surface area contributed by atoms with Crippen molar-refractivity contribution in [3.8, 4) is 0 Å². The van der Waals surface area contributed by atoms with Crippen LogP contribution >= 0.6 is 18.4 Å². The van der Waals surface area contributed by atoms with Gasteiger partial charge in [0, 0.05) is 12.4 Å². The largest absolute Gasteiger partial charge is 0.427 e. The molecule has 0 radical (unpaired) electrons. The zero-order valence-corrected chi connectivity index (χ0v) is 12.8. The van der Waals surface area contributed by atoms with E-state index in [2.05, 4.69) is 0 Å². The summed E-state index contributed by atoms with van der Waals surface area (Å²) in [7, 11) is -3.66. The SMILES string of the molecule is CCCS[P+](=O)C1C(=O)N(CO)S(=O)C1OCC. The molecule has 1 N–H and O–H groups in total. The van der Waals surface area contributed by atoms with E-state index in [-0.39, 0.29) is 6.61 Å². The number of ether oxygens (including phenoxy) is 1. The zero-order valence-electron chi connectivity index (χ0n) is 10.3. The number of hydrogen-bond acceptors (Lipinski definition) is 6. The number of amides is 1. The predicted octanol–water partition coefficient (Wildman–Crippen LogP) is 1.06. The van der Waals surface area contributed by atoms with E-state index >= 15 is 0 Å². The van der Waals surface area contributed by atoms with Crippen LogP contribution in [0.3, 0.4) is 0 Å². The van der Waals surface area contributed by atoms with Crippen LogP contribution in [0.15, 0.2) is 0 Å². The predicted molar refractivity (Wildman–Crippen MR) is 71.6 cm³/mol. The van der Waals surface area contributed by atoms with Gasteiger partial charge in [0.25, 0.3) is 11.6 Å². The van der Waals surface area contributed by atoms with E-state index < -0.39 is 41.7 Å². The van der Waals surface area contributed by atoms with Crippen molar-refractivity contribution >= 4 is 35.3 Å². The Hall–Kier alpha value is -0.0100. The Labute approximate surface area is 114 Å². The Bertz CT molecular complexity index is 354. The topological polar surface area (TPSA) is 83.9 Å². The van der Waals surface area contributed by atoms with Crippen LogP contribution in [-0.2, 0) is 25.1 Å². The molecule has 0 aromatic carbocycles. The molecule has 4 atom stereocenters. The first-order valence-corrected chi connectivity index (χ1v) is 9.71. The molecule has 0 aromatic heterocycles. The maximum Gasteiger partial charge on any atom is 0.427 e. The monoisotopic (exact) mass is 314 g/mol. The summed E-state index contributed by atoms with van der Waals surface area (Å²) in [5.41, 5.74) is -1.84. The lowest BCUT2D eigenvalue weighted by Crippen LogP contribution is -2.29. The minimum absolute atomic E-state index is 0.279. The Morgan fingerprint density at radius 3 is 2.72 bits per heavy atom. The van der Waals surface area contributed by atoms with Crippen molar-refractivity contribution in [1.29, 1.82) is 0 Å². The minimum Gasteiger partial charge on any atom is -0.375 e.